The molecule has 0 aliphatic carbocycles. The largest absolute Gasteiger partial charge is 0.444 e. The molecule has 2 aliphatic heterocycles. The zero-order valence-corrected chi connectivity index (χ0v) is 13.0. The van der Waals surface area contributed by atoms with Gasteiger partial charge < -0.3 is 14.4 Å². The van der Waals surface area contributed by atoms with E-state index in [2.05, 4.69) is 15.9 Å². The van der Waals surface area contributed by atoms with E-state index in [0.29, 0.717) is 4.83 Å². The minimum Gasteiger partial charge on any atom is -0.444 e. The molecular formula is C13H22BrNO3. The number of carbonyl (C=O) groups is 1. The van der Waals surface area contributed by atoms with Crippen LogP contribution in [0, 0.1) is 0 Å². The van der Waals surface area contributed by atoms with Gasteiger partial charge >= 0.3 is 6.09 Å². The van der Waals surface area contributed by atoms with Gasteiger partial charge in [0.25, 0.3) is 0 Å². The summed E-state index contributed by atoms with van der Waals surface area (Å²) in [7, 11) is 0. The molecule has 1 amide bonds. The van der Waals surface area contributed by atoms with Crippen LogP contribution in [0.15, 0.2) is 0 Å². The number of amides is 1. The molecule has 1 atom stereocenters. The van der Waals surface area contributed by atoms with Crippen molar-refractivity contribution in [1.82, 2.24) is 4.90 Å². The van der Waals surface area contributed by atoms with Crippen molar-refractivity contribution in [2.75, 3.05) is 19.7 Å². The quantitative estimate of drug-likeness (QED) is 0.644. The van der Waals surface area contributed by atoms with Crippen molar-refractivity contribution in [1.29, 1.82) is 0 Å². The average molecular weight is 320 g/mol. The summed E-state index contributed by atoms with van der Waals surface area (Å²) >= 11 is 3.60. The number of carbonyl (C=O) groups excluding carboxylic acids is 1. The third kappa shape index (κ3) is 3.38. The van der Waals surface area contributed by atoms with Crippen LogP contribution in [0.2, 0.25) is 0 Å². The Bertz CT molecular complexity index is 319. The molecule has 0 unspecified atom stereocenters. The highest BCUT2D eigenvalue weighted by atomic mass is 79.9. The van der Waals surface area contributed by atoms with Crippen molar-refractivity contribution in [2.24, 2.45) is 0 Å². The molecule has 4 nitrogen and oxygen atoms in total. The van der Waals surface area contributed by atoms with Crippen LogP contribution in [-0.2, 0) is 9.47 Å². The molecule has 0 saturated carbocycles. The fourth-order valence-electron chi connectivity index (χ4n) is 2.56. The maximum absolute atomic E-state index is 11.9. The van der Waals surface area contributed by atoms with E-state index in [4.69, 9.17) is 9.47 Å². The molecule has 104 valence electrons. The van der Waals surface area contributed by atoms with Crippen LogP contribution in [0.4, 0.5) is 4.79 Å². The lowest BCUT2D eigenvalue weighted by molar-refractivity contribution is -0.0484. The molecule has 0 radical (unpaired) electrons. The average Bonchev–Trinajstić information content (AvgIpc) is 2.58. The lowest BCUT2D eigenvalue weighted by atomic mass is 9.89. The first-order chi connectivity index (χ1) is 8.30. The van der Waals surface area contributed by atoms with E-state index in [1.807, 2.05) is 20.8 Å². The van der Waals surface area contributed by atoms with Gasteiger partial charge in [-0.25, -0.2) is 4.79 Å². The molecule has 0 aromatic rings. The van der Waals surface area contributed by atoms with Crippen molar-refractivity contribution in [2.45, 2.75) is 56.1 Å². The van der Waals surface area contributed by atoms with Crippen LogP contribution in [-0.4, -0.2) is 46.7 Å². The van der Waals surface area contributed by atoms with Crippen molar-refractivity contribution >= 4 is 22.0 Å². The lowest BCUT2D eigenvalue weighted by Crippen LogP contribution is -2.47. The van der Waals surface area contributed by atoms with Gasteiger partial charge in [-0.3, -0.25) is 0 Å². The van der Waals surface area contributed by atoms with Crippen molar-refractivity contribution in [3.63, 3.8) is 0 Å². The van der Waals surface area contributed by atoms with Gasteiger partial charge in [-0.05, 0) is 40.0 Å². The first kappa shape index (κ1) is 14.1. The Labute approximate surface area is 117 Å². The number of rotatable bonds is 0. The predicted molar refractivity (Wildman–Crippen MR) is 73.1 cm³/mol. The Morgan fingerprint density at radius 1 is 1.39 bits per heavy atom. The van der Waals surface area contributed by atoms with E-state index >= 15 is 0 Å². The van der Waals surface area contributed by atoms with Crippen LogP contribution in [0.3, 0.4) is 0 Å². The summed E-state index contributed by atoms with van der Waals surface area (Å²) in [6.07, 6.45) is 2.67. The Kier molecular flexibility index (Phi) is 3.93. The molecule has 1 spiro atoms. The normalized spacial score (nSPS) is 27.6. The summed E-state index contributed by atoms with van der Waals surface area (Å²) in [5.74, 6) is 0. The number of hydrogen-bond donors (Lipinski definition) is 0. The first-order valence-corrected chi connectivity index (χ1v) is 7.47. The summed E-state index contributed by atoms with van der Waals surface area (Å²) in [6.45, 7) is 7.93. The molecule has 2 rings (SSSR count). The maximum atomic E-state index is 11.9. The van der Waals surface area contributed by atoms with E-state index in [1.54, 1.807) is 4.90 Å². The van der Waals surface area contributed by atoms with Gasteiger partial charge in [0.1, 0.15) is 5.60 Å². The zero-order chi connectivity index (χ0) is 13.4. The van der Waals surface area contributed by atoms with Gasteiger partial charge in [0.05, 0.1) is 12.2 Å². The van der Waals surface area contributed by atoms with Crippen LogP contribution in [0.1, 0.15) is 40.0 Å². The van der Waals surface area contributed by atoms with E-state index in [1.165, 1.54) is 0 Å². The van der Waals surface area contributed by atoms with Gasteiger partial charge in [-0.1, -0.05) is 15.9 Å². The highest BCUT2D eigenvalue weighted by Crippen LogP contribution is 2.38. The van der Waals surface area contributed by atoms with Crippen molar-refractivity contribution < 1.29 is 14.3 Å². The van der Waals surface area contributed by atoms with Gasteiger partial charge in [0, 0.05) is 17.9 Å². The summed E-state index contributed by atoms with van der Waals surface area (Å²) in [5.41, 5.74) is -0.427. The summed E-state index contributed by atoms with van der Waals surface area (Å²) in [6, 6.07) is 0. The van der Waals surface area contributed by atoms with Crippen LogP contribution < -0.4 is 0 Å². The standard InChI is InChI=1S/C13H22BrNO3/c1-12(2,3)18-11(16)15-6-4-13(5-7-15)8-10(14)9-17-13/h10H,4-9H2,1-3H3/t10-/m0/s1. The van der Waals surface area contributed by atoms with Crippen LogP contribution >= 0.6 is 15.9 Å². The maximum Gasteiger partial charge on any atom is 0.410 e. The third-order valence-corrected chi connectivity index (χ3v) is 4.08. The Morgan fingerprint density at radius 3 is 2.44 bits per heavy atom. The molecule has 2 heterocycles. The van der Waals surface area contributed by atoms with E-state index in [9.17, 15) is 4.79 Å². The fraction of sp³-hybridized carbons (Fsp3) is 0.923. The number of alkyl halides is 1. The Morgan fingerprint density at radius 2 is 2.00 bits per heavy atom. The lowest BCUT2D eigenvalue weighted by Gasteiger charge is -2.38. The highest BCUT2D eigenvalue weighted by Gasteiger charge is 2.43. The molecule has 2 aliphatic rings. The number of likely N-dealkylation sites (tertiary alicyclic amines) is 1. The summed E-state index contributed by atoms with van der Waals surface area (Å²) in [4.78, 5) is 14.2. The molecule has 0 aromatic carbocycles. The van der Waals surface area contributed by atoms with Gasteiger partial charge in [0.2, 0.25) is 0 Å². The fourth-order valence-corrected chi connectivity index (χ4v) is 3.28. The first-order valence-electron chi connectivity index (χ1n) is 6.56. The number of hydrogen-bond acceptors (Lipinski definition) is 3. The summed E-state index contributed by atoms with van der Waals surface area (Å²) < 4.78 is 11.3. The molecule has 18 heavy (non-hydrogen) atoms. The minimum atomic E-state index is -0.420. The number of nitrogens with zero attached hydrogens (tertiary/aromatic N) is 1. The molecule has 0 N–H and O–H groups in total. The highest BCUT2D eigenvalue weighted by molar-refractivity contribution is 9.09. The number of halogens is 1. The zero-order valence-electron chi connectivity index (χ0n) is 11.4. The Hall–Kier alpha value is -0.290. The second kappa shape index (κ2) is 5.00. The molecule has 2 fully saturated rings. The number of piperidine rings is 1. The molecular weight excluding hydrogens is 298 g/mol. The monoisotopic (exact) mass is 319 g/mol. The topological polar surface area (TPSA) is 38.8 Å². The molecule has 0 bridgehead atoms. The molecule has 0 aromatic heterocycles. The van der Waals surface area contributed by atoms with Gasteiger partial charge in [-0.15, -0.1) is 0 Å². The molecule has 5 heteroatoms. The van der Waals surface area contributed by atoms with Crippen LogP contribution in [0.25, 0.3) is 0 Å². The van der Waals surface area contributed by atoms with E-state index in [0.717, 1.165) is 39.0 Å². The Balaban J connectivity index is 1.85. The predicted octanol–water partition coefficient (Wildman–Crippen LogP) is 2.94. The third-order valence-electron chi connectivity index (χ3n) is 3.49. The van der Waals surface area contributed by atoms with E-state index in [-0.39, 0.29) is 11.7 Å². The second-order valence-corrected chi connectivity index (χ2v) is 7.56. The second-order valence-electron chi connectivity index (χ2n) is 6.26. The van der Waals surface area contributed by atoms with Gasteiger partial charge in [0.15, 0.2) is 0 Å². The molecule has 2 saturated heterocycles. The smallest absolute Gasteiger partial charge is 0.410 e. The van der Waals surface area contributed by atoms with E-state index < -0.39 is 5.60 Å². The van der Waals surface area contributed by atoms with Gasteiger partial charge in [-0.2, -0.15) is 0 Å². The van der Waals surface area contributed by atoms with Crippen LogP contribution in [0.5, 0.6) is 0 Å². The van der Waals surface area contributed by atoms with Crippen molar-refractivity contribution in [3.05, 3.63) is 0 Å². The SMILES string of the molecule is CC(C)(C)OC(=O)N1CCC2(CC1)C[C@H](Br)CO2. The number of ether oxygens (including phenoxy) is 2. The summed E-state index contributed by atoms with van der Waals surface area (Å²) in [5, 5.41) is 0. The minimum absolute atomic E-state index is 0.00726. The van der Waals surface area contributed by atoms with Crippen molar-refractivity contribution in [3.8, 4) is 0 Å².